The van der Waals surface area contributed by atoms with Crippen LogP contribution >= 0.6 is 11.8 Å². The van der Waals surface area contributed by atoms with E-state index in [4.69, 9.17) is 0 Å². The van der Waals surface area contributed by atoms with Crippen molar-refractivity contribution in [3.05, 3.63) is 47.7 Å². The lowest BCUT2D eigenvalue weighted by atomic mass is 9.95. The van der Waals surface area contributed by atoms with Crippen LogP contribution in [0.25, 0.3) is 0 Å². The van der Waals surface area contributed by atoms with Crippen LogP contribution in [0.5, 0.6) is 0 Å². The monoisotopic (exact) mass is 688 g/mol. The van der Waals surface area contributed by atoms with Gasteiger partial charge in [-0.3, -0.25) is 9.59 Å². The SMILES string of the molecule is CCCC[N+](CCCC)(CCCC)CCCC.COC(=O)/C=C(\C)NC(C(=O)NC1C(=O)N2[C@@H]1SC(C)(C)[C@@H]2C(=O)[O-])c1ccccc1. The minimum Gasteiger partial charge on any atom is -0.548 e. The Hall–Kier alpha value is -3.05. The standard InChI is InChI=1S/C21H25N3O6S.C16H36N/c1-11(10-13(25)30-4)22-14(12-8-6-5-7-9-12)17(26)23-15-18(27)24-16(20(28)29)21(2,3)31-19(15)24;1-5-9-13-17(14-10-6-2,15-11-7-3)16-12-8-4/h5-10,14-16,19,22H,1-4H3,(H,23,26)(H,28,29);5-16H2,1-4H3/q;+1/p-1/b11-10+;/t14?,15?,16-,19+;/m0./s1. The second-order valence-corrected chi connectivity index (χ2v) is 15.3. The molecule has 0 saturated carbocycles. The minimum absolute atomic E-state index is 0.408. The summed E-state index contributed by atoms with van der Waals surface area (Å²) in [5.41, 5.74) is 1.04. The number of benzene rings is 1. The molecule has 2 aliphatic heterocycles. The van der Waals surface area contributed by atoms with Crippen LogP contribution in [0.3, 0.4) is 0 Å². The van der Waals surface area contributed by atoms with Crippen molar-refractivity contribution < 1.29 is 33.5 Å². The van der Waals surface area contributed by atoms with E-state index in [1.54, 1.807) is 51.1 Å². The first kappa shape index (κ1) is 41.1. The van der Waals surface area contributed by atoms with Gasteiger partial charge in [-0.25, -0.2) is 4.79 Å². The summed E-state index contributed by atoms with van der Waals surface area (Å²) in [6.45, 7) is 20.1. The quantitative estimate of drug-likeness (QED) is 0.0928. The topological polar surface area (TPSA) is 128 Å². The van der Waals surface area contributed by atoms with Crippen LogP contribution < -0.4 is 15.7 Å². The number of carboxylic acids is 1. The van der Waals surface area contributed by atoms with Crippen molar-refractivity contribution in [1.29, 1.82) is 0 Å². The number of methoxy groups -OCH3 is 1. The van der Waals surface area contributed by atoms with Gasteiger partial charge in [0.05, 0.1) is 45.3 Å². The van der Waals surface area contributed by atoms with Gasteiger partial charge in [-0.1, -0.05) is 83.7 Å². The highest BCUT2D eigenvalue weighted by molar-refractivity contribution is 8.01. The number of unbranched alkanes of at least 4 members (excludes halogenated alkanes) is 4. The number of carboxylic acid groups (broad SMARTS) is 1. The van der Waals surface area contributed by atoms with Crippen LogP contribution in [0.1, 0.15) is 111 Å². The third-order valence-electron chi connectivity index (χ3n) is 9.21. The molecular formula is C37H60N4O6S. The van der Waals surface area contributed by atoms with Gasteiger partial charge in [0.2, 0.25) is 11.8 Å². The van der Waals surface area contributed by atoms with E-state index in [1.807, 2.05) is 0 Å². The number of quaternary nitrogens is 1. The summed E-state index contributed by atoms with van der Waals surface area (Å²) < 4.78 is 5.29. The van der Waals surface area contributed by atoms with Gasteiger partial charge in [-0.2, -0.15) is 0 Å². The van der Waals surface area contributed by atoms with Crippen LogP contribution in [0.15, 0.2) is 42.1 Å². The van der Waals surface area contributed by atoms with Gasteiger partial charge in [0.1, 0.15) is 17.5 Å². The molecule has 0 bridgehead atoms. The van der Waals surface area contributed by atoms with E-state index in [1.165, 1.54) is 112 Å². The average molecular weight is 689 g/mol. The number of thioether (sulfide) groups is 1. The first-order valence-corrected chi connectivity index (χ1v) is 18.6. The van der Waals surface area contributed by atoms with Gasteiger partial charge in [-0.05, 0) is 52.0 Å². The number of carbonyl (C=O) groups is 4. The summed E-state index contributed by atoms with van der Waals surface area (Å²) in [6.07, 6.45) is 12.3. The van der Waals surface area contributed by atoms with Crippen molar-refractivity contribution in [2.45, 2.75) is 128 Å². The van der Waals surface area contributed by atoms with Crippen molar-refractivity contribution in [3.63, 3.8) is 0 Å². The summed E-state index contributed by atoms with van der Waals surface area (Å²) in [7, 11) is 1.25. The Balaban J connectivity index is 0.000000401. The van der Waals surface area contributed by atoms with E-state index >= 15 is 0 Å². The third kappa shape index (κ3) is 11.3. The molecule has 4 atom stereocenters. The molecule has 11 heteroatoms. The molecule has 2 unspecified atom stereocenters. The lowest BCUT2D eigenvalue weighted by Crippen LogP contribution is -2.72. The lowest BCUT2D eigenvalue weighted by molar-refractivity contribution is -0.929. The fraction of sp³-hybridized carbons (Fsp3) is 0.676. The summed E-state index contributed by atoms with van der Waals surface area (Å²) in [5, 5.41) is 16.8. The van der Waals surface area contributed by atoms with Gasteiger partial charge in [0.25, 0.3) is 0 Å². The Morgan fingerprint density at radius 2 is 1.46 bits per heavy atom. The fourth-order valence-electron chi connectivity index (χ4n) is 6.46. The van der Waals surface area contributed by atoms with E-state index in [-0.39, 0.29) is 0 Å². The molecule has 2 aliphatic rings. The van der Waals surface area contributed by atoms with E-state index in [2.05, 4.69) is 43.1 Å². The number of ether oxygens (including phenoxy) is 1. The van der Waals surface area contributed by atoms with E-state index in [0.717, 1.165) is 0 Å². The Morgan fingerprint density at radius 1 is 0.958 bits per heavy atom. The number of hydrogen-bond donors (Lipinski definition) is 2. The lowest BCUT2D eigenvalue weighted by Gasteiger charge is -2.45. The number of nitrogens with one attached hydrogen (secondary N) is 2. The first-order valence-electron chi connectivity index (χ1n) is 17.7. The van der Waals surface area contributed by atoms with Gasteiger partial charge >= 0.3 is 5.97 Å². The molecule has 0 spiro atoms. The number of fused-ring (bicyclic) bond motifs is 1. The molecule has 2 saturated heterocycles. The molecular weight excluding hydrogens is 628 g/mol. The zero-order chi connectivity index (χ0) is 35.9. The molecule has 1 aromatic carbocycles. The van der Waals surface area contributed by atoms with Gasteiger partial charge in [0.15, 0.2) is 0 Å². The van der Waals surface area contributed by atoms with Crippen LogP contribution in [-0.2, 0) is 23.9 Å². The summed E-state index contributed by atoms with van der Waals surface area (Å²) in [5.74, 6) is -2.82. The number of amides is 2. The fourth-order valence-corrected chi connectivity index (χ4v) is 8.08. The zero-order valence-electron chi connectivity index (χ0n) is 30.5. The van der Waals surface area contributed by atoms with Gasteiger partial charge < -0.3 is 34.7 Å². The molecule has 2 N–H and O–H groups in total. The maximum Gasteiger partial charge on any atom is 0.332 e. The largest absolute Gasteiger partial charge is 0.548 e. The Bertz CT molecular complexity index is 1190. The summed E-state index contributed by atoms with van der Waals surface area (Å²) in [6, 6.07) is 6.06. The Morgan fingerprint density at radius 3 is 1.90 bits per heavy atom. The van der Waals surface area contributed by atoms with Crippen molar-refractivity contribution in [3.8, 4) is 0 Å². The molecule has 0 radical (unpaired) electrons. The predicted octanol–water partition coefficient (Wildman–Crippen LogP) is 4.69. The number of carbonyl (C=O) groups excluding carboxylic acids is 4. The maximum absolute atomic E-state index is 13.1. The molecule has 2 amide bonds. The van der Waals surface area contributed by atoms with Crippen LogP contribution in [0.4, 0.5) is 0 Å². The highest BCUT2D eigenvalue weighted by Crippen LogP contribution is 2.50. The van der Waals surface area contributed by atoms with E-state index in [0.29, 0.717) is 11.3 Å². The second kappa shape index (κ2) is 19.8. The van der Waals surface area contributed by atoms with Crippen LogP contribution in [0.2, 0.25) is 0 Å². The Labute approximate surface area is 293 Å². The number of hydrogen-bond acceptors (Lipinski definition) is 8. The minimum atomic E-state index is -1.31. The number of aliphatic carboxylic acids is 1. The summed E-state index contributed by atoms with van der Waals surface area (Å²) >= 11 is 1.32. The van der Waals surface area contributed by atoms with Crippen LogP contribution in [-0.4, -0.2) is 88.6 Å². The summed E-state index contributed by atoms with van der Waals surface area (Å²) in [4.78, 5) is 50.1. The van der Waals surface area contributed by atoms with E-state index < -0.39 is 52.0 Å². The molecule has 10 nitrogen and oxygen atoms in total. The van der Waals surface area contributed by atoms with Crippen molar-refractivity contribution >= 4 is 35.5 Å². The number of rotatable bonds is 19. The first-order chi connectivity index (χ1) is 22.8. The zero-order valence-corrected chi connectivity index (χ0v) is 31.3. The molecule has 3 rings (SSSR count). The Kier molecular flexibility index (Phi) is 17.0. The van der Waals surface area contributed by atoms with E-state index in [9.17, 15) is 24.3 Å². The molecule has 2 heterocycles. The van der Waals surface area contributed by atoms with Crippen molar-refractivity contribution in [1.82, 2.24) is 15.5 Å². The normalized spacial score (nSPS) is 20.5. The van der Waals surface area contributed by atoms with Gasteiger partial charge in [-0.15, -0.1) is 11.8 Å². The predicted molar refractivity (Wildman–Crippen MR) is 190 cm³/mol. The molecule has 48 heavy (non-hydrogen) atoms. The molecule has 0 aromatic heterocycles. The molecule has 0 aliphatic carbocycles. The highest BCUT2D eigenvalue weighted by atomic mass is 32.2. The molecule has 2 fully saturated rings. The molecule has 270 valence electrons. The van der Waals surface area contributed by atoms with Gasteiger partial charge in [0, 0.05) is 16.5 Å². The molecule has 1 aromatic rings. The third-order valence-corrected chi connectivity index (χ3v) is 10.8. The number of nitrogens with zero attached hydrogens (tertiary/aromatic N) is 2. The second-order valence-electron chi connectivity index (χ2n) is 13.6. The average Bonchev–Trinajstić information content (AvgIpc) is 3.33. The van der Waals surface area contributed by atoms with Crippen molar-refractivity contribution in [2.75, 3.05) is 33.3 Å². The number of allylic oxidation sites excluding steroid dienone is 1. The maximum atomic E-state index is 13.1. The van der Waals surface area contributed by atoms with Crippen molar-refractivity contribution in [2.24, 2.45) is 0 Å². The number of esters is 1. The highest BCUT2D eigenvalue weighted by Gasteiger charge is 2.62. The van der Waals surface area contributed by atoms with Crippen LogP contribution in [0, 0.1) is 0 Å². The smallest absolute Gasteiger partial charge is 0.332 e. The number of β-lactam (4-membered cyclic amide) rings is 1.